The third kappa shape index (κ3) is 46.3. The second-order valence-electron chi connectivity index (χ2n) is 27.4. The average Bonchev–Trinajstić information content (AvgIpc) is 1.70. The third-order valence-electron chi connectivity index (χ3n) is 18.8. The van der Waals surface area contributed by atoms with Crippen LogP contribution in [0.15, 0.2) is 59.7 Å². The Morgan fingerprint density at radius 2 is 0.449 bits per heavy atom. The summed E-state index contributed by atoms with van der Waals surface area (Å²) >= 11 is 0. The SMILES string of the molecule is CCCCCCC1=C(c2cc(CCCC)cc(CCCCC)c2)[N+](=[N-])C(c2cc(CCCC)cc(CCCCC)c2)=C1CCCC.[CH-]=CCCCCCCCCCCCCCCCCCCC.[CH-]=CCCCCCCCCCCCCCCCCCCC.[Ni+2]. The number of benzene rings is 2. The minimum Gasteiger partial charge on any atom is -0.518 e. The van der Waals surface area contributed by atoms with Crippen molar-refractivity contribution in [2.75, 3.05) is 0 Å². The van der Waals surface area contributed by atoms with Crippen LogP contribution < -0.4 is 0 Å². The van der Waals surface area contributed by atoms with Crippen molar-refractivity contribution in [2.45, 2.75) is 428 Å². The first-order chi connectivity index (χ1) is 43.3. The van der Waals surface area contributed by atoms with E-state index < -0.39 is 0 Å². The Hall–Kier alpha value is -2.51. The molecule has 0 unspecified atom stereocenters. The molecular formula is C86H150N2Ni. The van der Waals surface area contributed by atoms with E-state index in [-0.39, 0.29) is 16.5 Å². The smallest absolute Gasteiger partial charge is 0.518 e. The van der Waals surface area contributed by atoms with Gasteiger partial charge in [-0.3, -0.25) is 12.2 Å². The molecule has 0 aliphatic carbocycles. The van der Waals surface area contributed by atoms with Crippen LogP contribution in [0, 0.1) is 13.2 Å². The summed E-state index contributed by atoms with van der Waals surface area (Å²) in [7, 11) is 0. The predicted octanol–water partition coefficient (Wildman–Crippen LogP) is 30.2. The molecule has 89 heavy (non-hydrogen) atoms. The van der Waals surface area contributed by atoms with Gasteiger partial charge in [0, 0.05) is 22.3 Å². The maximum atomic E-state index is 12.5. The molecule has 3 heteroatoms. The minimum atomic E-state index is 0. The van der Waals surface area contributed by atoms with Crippen LogP contribution in [0.4, 0.5) is 0 Å². The summed E-state index contributed by atoms with van der Waals surface area (Å²) in [5, 5.41) is 0. The molecule has 514 valence electrons. The number of nitrogens with zero attached hydrogens (tertiary/aromatic N) is 2. The molecule has 0 atom stereocenters. The van der Waals surface area contributed by atoms with Crippen LogP contribution in [0.25, 0.3) is 16.9 Å². The Kier molecular flexibility index (Phi) is 63.7. The zero-order valence-electron chi connectivity index (χ0n) is 61.0. The van der Waals surface area contributed by atoms with Crippen molar-refractivity contribution in [3.8, 4) is 0 Å². The summed E-state index contributed by atoms with van der Waals surface area (Å²) in [6.45, 7) is 29.1. The molecule has 1 heterocycles. The van der Waals surface area contributed by atoms with E-state index in [2.05, 4.69) is 91.8 Å². The van der Waals surface area contributed by atoms with Crippen molar-refractivity contribution < 1.29 is 21.2 Å². The number of rotatable bonds is 60. The Morgan fingerprint density at radius 3 is 0.708 bits per heavy atom. The van der Waals surface area contributed by atoms with Gasteiger partial charge in [0.05, 0.1) is 0 Å². The molecule has 3 rings (SSSR count). The number of aryl methyl sites for hydroxylation is 4. The first kappa shape index (κ1) is 86.5. The maximum absolute atomic E-state index is 12.5. The van der Waals surface area contributed by atoms with Gasteiger partial charge in [-0.05, 0) is 124 Å². The fourth-order valence-electron chi connectivity index (χ4n) is 13.1. The standard InChI is InChI=1S/C44H68N2.2C21H41.Ni/c1-7-13-19-22-28-42-41(27-18-12-6)43(39-31-35(23-16-10-4)29-37(33-39)25-20-14-8-2)46(45)44(42)40-32-36(24-17-11-5)30-38(34-40)26-21-15-9-3;2*1-3-5-7-9-11-13-15-17-19-21-20-18-16-14-12-10-8-6-4-2;/h29-34H,7-28H2,1-6H3;2*1,3H,4-21H2,2H3;/q;2*-1;+2. The zero-order valence-corrected chi connectivity index (χ0v) is 62.0. The molecule has 0 aromatic heterocycles. The van der Waals surface area contributed by atoms with Gasteiger partial charge in [0.1, 0.15) is 0 Å². The van der Waals surface area contributed by atoms with E-state index >= 15 is 0 Å². The molecule has 0 radical (unpaired) electrons. The van der Waals surface area contributed by atoms with Gasteiger partial charge in [-0.2, -0.15) is 0 Å². The molecule has 0 N–H and O–H groups in total. The van der Waals surface area contributed by atoms with Crippen LogP contribution in [0.1, 0.15) is 435 Å². The van der Waals surface area contributed by atoms with Crippen molar-refractivity contribution in [1.29, 1.82) is 0 Å². The van der Waals surface area contributed by atoms with Gasteiger partial charge in [0.25, 0.3) is 0 Å². The van der Waals surface area contributed by atoms with Crippen molar-refractivity contribution in [2.24, 2.45) is 0 Å². The van der Waals surface area contributed by atoms with E-state index in [1.807, 2.05) is 0 Å². The molecule has 0 amide bonds. The van der Waals surface area contributed by atoms with Crippen LogP contribution in [0.3, 0.4) is 0 Å². The van der Waals surface area contributed by atoms with Crippen LogP contribution >= 0.6 is 0 Å². The van der Waals surface area contributed by atoms with Crippen LogP contribution in [-0.2, 0) is 42.2 Å². The molecule has 2 aromatic rings. The van der Waals surface area contributed by atoms with Crippen molar-refractivity contribution in [3.63, 3.8) is 0 Å². The zero-order chi connectivity index (χ0) is 64.0. The first-order valence-corrected chi connectivity index (χ1v) is 39.6. The second kappa shape index (κ2) is 65.6. The largest absolute Gasteiger partial charge is 2.00 e. The van der Waals surface area contributed by atoms with E-state index in [0.29, 0.717) is 0 Å². The summed E-state index contributed by atoms with van der Waals surface area (Å²) in [4.78, 5) is 0. The third-order valence-corrected chi connectivity index (χ3v) is 18.8. The summed E-state index contributed by atoms with van der Waals surface area (Å²) in [5.41, 5.74) is 25.6. The van der Waals surface area contributed by atoms with Gasteiger partial charge in [-0.1, -0.05) is 363 Å². The van der Waals surface area contributed by atoms with Gasteiger partial charge in [-0.25, -0.2) is 4.70 Å². The number of hydrogen-bond acceptors (Lipinski definition) is 0. The van der Waals surface area contributed by atoms with Gasteiger partial charge < -0.3 is 18.7 Å². The minimum absolute atomic E-state index is 0. The monoisotopic (exact) mass is 1270 g/mol. The normalized spacial score (nSPS) is 12.1. The molecule has 1 aliphatic heterocycles. The van der Waals surface area contributed by atoms with Crippen LogP contribution in [0.2, 0.25) is 0 Å². The average molecular weight is 1270 g/mol. The summed E-state index contributed by atoms with van der Waals surface area (Å²) < 4.78 is 1.66. The van der Waals surface area contributed by atoms with E-state index in [4.69, 9.17) is 13.2 Å². The molecule has 2 nitrogen and oxygen atoms in total. The van der Waals surface area contributed by atoms with Crippen molar-refractivity contribution in [1.82, 2.24) is 0 Å². The Labute approximate surface area is 568 Å². The van der Waals surface area contributed by atoms with E-state index in [9.17, 15) is 5.53 Å². The Bertz CT molecular complexity index is 1940. The topological polar surface area (TPSA) is 25.3 Å². The van der Waals surface area contributed by atoms with Gasteiger partial charge in [0.2, 0.25) is 11.4 Å². The fraction of sp³-hybridized carbons (Fsp3) is 0.767. The molecule has 0 bridgehead atoms. The molecule has 0 fully saturated rings. The molecule has 0 spiro atoms. The number of unbranched alkanes of at least 4 members (excludes halogenated alkanes) is 44. The van der Waals surface area contributed by atoms with Gasteiger partial charge in [-0.15, -0.1) is 0 Å². The molecular weight excluding hydrogens is 1120 g/mol. The van der Waals surface area contributed by atoms with Crippen LogP contribution in [0.5, 0.6) is 0 Å². The first-order valence-electron chi connectivity index (χ1n) is 39.6. The molecule has 0 saturated heterocycles. The van der Waals surface area contributed by atoms with Crippen LogP contribution in [-0.4, -0.2) is 4.70 Å². The summed E-state index contributed by atoms with van der Waals surface area (Å²) in [6.07, 6.45) is 80.8. The van der Waals surface area contributed by atoms with Crippen molar-refractivity contribution >= 4 is 11.4 Å². The van der Waals surface area contributed by atoms with E-state index in [1.165, 1.54) is 353 Å². The Balaban J connectivity index is 0.00000150. The van der Waals surface area contributed by atoms with E-state index in [1.54, 1.807) is 16.8 Å². The number of hydrogen-bond donors (Lipinski definition) is 0. The van der Waals surface area contributed by atoms with Gasteiger partial charge >= 0.3 is 16.5 Å². The second-order valence-corrected chi connectivity index (χ2v) is 27.4. The molecule has 1 aliphatic rings. The Morgan fingerprint density at radius 1 is 0.258 bits per heavy atom. The fourth-order valence-corrected chi connectivity index (χ4v) is 13.1. The molecule has 0 saturated carbocycles. The summed E-state index contributed by atoms with van der Waals surface area (Å²) in [6, 6.07) is 14.6. The maximum Gasteiger partial charge on any atom is 2.00 e. The summed E-state index contributed by atoms with van der Waals surface area (Å²) in [5.74, 6) is 0. The van der Waals surface area contributed by atoms with Crippen molar-refractivity contribution in [3.05, 3.63) is 112 Å². The number of allylic oxidation sites excluding steroid dienone is 4. The molecule has 2 aromatic carbocycles. The van der Waals surface area contributed by atoms with Gasteiger partial charge in [0.15, 0.2) is 0 Å². The van der Waals surface area contributed by atoms with E-state index in [0.717, 1.165) is 75.6 Å². The quantitative estimate of drug-likeness (QED) is 0.0273. The predicted molar refractivity (Wildman–Crippen MR) is 398 cm³/mol.